The van der Waals surface area contributed by atoms with E-state index in [0.29, 0.717) is 0 Å². The Hall–Kier alpha value is -5.70. The predicted molar refractivity (Wildman–Crippen MR) is 200 cm³/mol. The van der Waals surface area contributed by atoms with Crippen LogP contribution >= 0.6 is 11.3 Å². The predicted octanol–water partition coefficient (Wildman–Crippen LogP) is 12.8. The lowest BCUT2D eigenvalue weighted by atomic mass is 9.96. The summed E-state index contributed by atoms with van der Waals surface area (Å²) in [4.78, 5) is 0. The zero-order valence-electron chi connectivity index (χ0n) is 24.9. The lowest BCUT2D eigenvalue weighted by molar-refractivity contribution is 1.20. The van der Waals surface area contributed by atoms with E-state index in [1.54, 1.807) is 0 Å². The Morgan fingerprint density at radius 3 is 1.76 bits per heavy atom. The zero-order chi connectivity index (χ0) is 30.2. The molecule has 10 aromatic rings. The Kier molecular flexibility index (Phi) is 5.51. The number of hydrogen-bond acceptors (Lipinski definition) is 1. The van der Waals surface area contributed by atoms with Crippen LogP contribution in [0.2, 0.25) is 0 Å². The minimum atomic E-state index is 1.21. The van der Waals surface area contributed by atoms with Crippen molar-refractivity contribution >= 4 is 74.9 Å². The first-order chi connectivity index (χ1) is 22.8. The molecule has 0 aliphatic rings. The van der Waals surface area contributed by atoms with Gasteiger partial charge in [-0.2, -0.15) is 0 Å². The second-order valence-corrected chi connectivity index (χ2v) is 13.1. The van der Waals surface area contributed by atoms with Gasteiger partial charge in [0.05, 0.1) is 16.7 Å². The highest BCUT2D eigenvalue weighted by molar-refractivity contribution is 7.27. The summed E-state index contributed by atoms with van der Waals surface area (Å²) in [5.74, 6) is 0. The van der Waals surface area contributed by atoms with E-state index >= 15 is 0 Å². The van der Waals surface area contributed by atoms with Crippen molar-refractivity contribution in [3.8, 4) is 27.9 Å². The summed E-state index contributed by atoms with van der Waals surface area (Å²) in [5.41, 5.74) is 8.65. The van der Waals surface area contributed by atoms with E-state index in [9.17, 15) is 0 Å². The van der Waals surface area contributed by atoms with Gasteiger partial charge in [-0.1, -0.05) is 133 Å². The van der Waals surface area contributed by atoms with E-state index in [2.05, 4.69) is 168 Å². The molecule has 0 atom stereocenters. The van der Waals surface area contributed by atoms with Crippen LogP contribution in [0.4, 0.5) is 0 Å². The molecule has 46 heavy (non-hydrogen) atoms. The van der Waals surface area contributed by atoms with E-state index in [0.717, 1.165) is 0 Å². The molecular formula is C44H27NS. The van der Waals surface area contributed by atoms with Crippen molar-refractivity contribution in [3.63, 3.8) is 0 Å². The number of benzene rings is 8. The van der Waals surface area contributed by atoms with Gasteiger partial charge in [0.25, 0.3) is 0 Å². The molecule has 0 radical (unpaired) electrons. The standard InChI is InChI=1S/C44H27NS/c1-3-12-28(13-4-1)31-22-24-39-36(26-31)41-42-37-27-32(29-14-5-2-6-15-29)23-25-40(37)46-44(42)35-20-10-9-19-34(35)43(41)45(39)38-21-11-17-30-16-7-8-18-33(30)38/h1-27H. The van der Waals surface area contributed by atoms with Crippen LogP contribution in [-0.4, -0.2) is 4.57 Å². The summed E-state index contributed by atoms with van der Waals surface area (Å²) in [7, 11) is 0. The van der Waals surface area contributed by atoms with Crippen LogP contribution in [0.1, 0.15) is 0 Å². The van der Waals surface area contributed by atoms with Gasteiger partial charge in [-0.05, 0) is 58.0 Å². The highest BCUT2D eigenvalue weighted by atomic mass is 32.1. The van der Waals surface area contributed by atoms with Gasteiger partial charge in [0.1, 0.15) is 0 Å². The average Bonchev–Trinajstić information content (AvgIpc) is 3.68. The minimum Gasteiger partial charge on any atom is -0.308 e. The van der Waals surface area contributed by atoms with Crippen molar-refractivity contribution in [2.45, 2.75) is 0 Å². The van der Waals surface area contributed by atoms with E-state index in [1.807, 2.05) is 11.3 Å². The topological polar surface area (TPSA) is 4.93 Å². The maximum Gasteiger partial charge on any atom is 0.0627 e. The summed E-state index contributed by atoms with van der Waals surface area (Å²) in [5, 5.41) is 10.4. The summed E-state index contributed by atoms with van der Waals surface area (Å²) in [6, 6.07) is 60.0. The molecule has 0 spiro atoms. The van der Waals surface area contributed by atoms with Gasteiger partial charge in [0.15, 0.2) is 0 Å². The number of aromatic nitrogens is 1. The van der Waals surface area contributed by atoms with Gasteiger partial charge in [-0.3, -0.25) is 0 Å². The van der Waals surface area contributed by atoms with Gasteiger partial charge in [0, 0.05) is 47.1 Å². The Morgan fingerprint density at radius 2 is 1.00 bits per heavy atom. The fourth-order valence-electron chi connectivity index (χ4n) is 7.50. The van der Waals surface area contributed by atoms with Crippen LogP contribution in [-0.2, 0) is 0 Å². The second kappa shape index (κ2) is 9.90. The van der Waals surface area contributed by atoms with Crippen LogP contribution in [0.25, 0.3) is 91.5 Å². The SMILES string of the molecule is c1ccc(-c2ccc3sc4c5ccccc5c5c(c6cc(-c7ccccc7)ccc6n5-c5cccc6ccccc56)c4c3c2)cc1. The average molecular weight is 602 g/mol. The molecule has 0 bridgehead atoms. The Labute approximate surface area is 270 Å². The number of rotatable bonds is 3. The molecule has 2 heterocycles. The monoisotopic (exact) mass is 601 g/mol. The number of thiophene rings is 1. The van der Waals surface area contributed by atoms with E-state index < -0.39 is 0 Å². The quantitative estimate of drug-likeness (QED) is 0.190. The normalized spacial score (nSPS) is 11.9. The number of nitrogens with zero attached hydrogens (tertiary/aromatic N) is 1. The first kappa shape index (κ1) is 25.6. The molecule has 2 aromatic heterocycles. The molecule has 0 saturated heterocycles. The third-order valence-electron chi connectivity index (χ3n) is 9.55. The number of hydrogen-bond donors (Lipinski definition) is 0. The fourth-order valence-corrected chi connectivity index (χ4v) is 8.73. The molecule has 0 aliphatic heterocycles. The lowest BCUT2D eigenvalue weighted by Crippen LogP contribution is -1.96. The number of fused-ring (bicyclic) bond motifs is 11. The molecule has 0 amide bonds. The van der Waals surface area contributed by atoms with E-state index in [1.165, 1.54) is 91.5 Å². The van der Waals surface area contributed by atoms with E-state index in [4.69, 9.17) is 0 Å². The van der Waals surface area contributed by atoms with Crippen molar-refractivity contribution in [2.75, 3.05) is 0 Å². The first-order valence-corrected chi connectivity index (χ1v) is 16.6. The van der Waals surface area contributed by atoms with Crippen molar-refractivity contribution < 1.29 is 0 Å². The van der Waals surface area contributed by atoms with Gasteiger partial charge in [-0.25, -0.2) is 0 Å². The molecule has 10 rings (SSSR count). The third kappa shape index (κ3) is 3.68. The lowest BCUT2D eigenvalue weighted by Gasteiger charge is -2.13. The van der Waals surface area contributed by atoms with Crippen LogP contribution < -0.4 is 0 Å². The summed E-state index contributed by atoms with van der Waals surface area (Å²) in [6.45, 7) is 0. The first-order valence-electron chi connectivity index (χ1n) is 15.8. The van der Waals surface area contributed by atoms with Crippen LogP contribution in [0.5, 0.6) is 0 Å². The second-order valence-electron chi connectivity index (χ2n) is 12.1. The van der Waals surface area contributed by atoms with Crippen molar-refractivity contribution in [1.82, 2.24) is 4.57 Å². The fraction of sp³-hybridized carbons (Fsp3) is 0. The van der Waals surface area contributed by atoms with Gasteiger partial charge >= 0.3 is 0 Å². The highest BCUT2D eigenvalue weighted by Crippen LogP contribution is 2.49. The molecule has 0 aliphatic carbocycles. The van der Waals surface area contributed by atoms with Gasteiger partial charge in [0.2, 0.25) is 0 Å². The van der Waals surface area contributed by atoms with Crippen molar-refractivity contribution in [2.24, 2.45) is 0 Å². The highest BCUT2D eigenvalue weighted by Gasteiger charge is 2.23. The molecule has 214 valence electrons. The molecule has 0 saturated carbocycles. The largest absolute Gasteiger partial charge is 0.308 e. The van der Waals surface area contributed by atoms with Crippen LogP contribution in [0.3, 0.4) is 0 Å². The van der Waals surface area contributed by atoms with Crippen LogP contribution in [0.15, 0.2) is 164 Å². The molecule has 0 N–H and O–H groups in total. The molecule has 1 nitrogen and oxygen atoms in total. The van der Waals surface area contributed by atoms with Crippen molar-refractivity contribution in [3.05, 3.63) is 164 Å². The Morgan fingerprint density at radius 1 is 0.391 bits per heavy atom. The van der Waals surface area contributed by atoms with Crippen LogP contribution in [0, 0.1) is 0 Å². The smallest absolute Gasteiger partial charge is 0.0627 e. The summed E-state index contributed by atoms with van der Waals surface area (Å²) in [6.07, 6.45) is 0. The third-order valence-corrected chi connectivity index (χ3v) is 10.8. The molecule has 8 aromatic carbocycles. The maximum atomic E-state index is 2.54. The molecule has 0 unspecified atom stereocenters. The summed E-state index contributed by atoms with van der Waals surface area (Å²) < 4.78 is 5.21. The maximum absolute atomic E-state index is 2.54. The Bertz CT molecular complexity index is 2780. The zero-order valence-corrected chi connectivity index (χ0v) is 25.8. The van der Waals surface area contributed by atoms with Gasteiger partial charge in [-0.15, -0.1) is 11.3 Å². The van der Waals surface area contributed by atoms with Crippen molar-refractivity contribution in [1.29, 1.82) is 0 Å². The van der Waals surface area contributed by atoms with Gasteiger partial charge < -0.3 is 4.57 Å². The molecule has 2 heteroatoms. The molecule has 0 fully saturated rings. The molecular weight excluding hydrogens is 575 g/mol. The summed E-state index contributed by atoms with van der Waals surface area (Å²) >= 11 is 1.92. The van der Waals surface area contributed by atoms with E-state index in [-0.39, 0.29) is 0 Å². The Balaban J connectivity index is 1.46. The minimum absolute atomic E-state index is 1.21.